The van der Waals surface area contributed by atoms with Crippen LogP contribution in [0.3, 0.4) is 0 Å². The van der Waals surface area contributed by atoms with Crippen molar-refractivity contribution in [2.24, 2.45) is 5.90 Å². The van der Waals surface area contributed by atoms with Crippen LogP contribution in [0, 0.1) is 0 Å². The van der Waals surface area contributed by atoms with E-state index in [1.54, 1.807) is 12.5 Å². The highest BCUT2D eigenvalue weighted by atomic mass is 79.9. The number of hydrogen-bond donors (Lipinski definition) is 2. The first-order chi connectivity index (χ1) is 11.1. The summed E-state index contributed by atoms with van der Waals surface area (Å²) in [7, 11) is 0. The highest BCUT2D eigenvalue weighted by Crippen LogP contribution is 2.22. The highest BCUT2D eigenvalue weighted by Gasteiger charge is 2.16. The summed E-state index contributed by atoms with van der Waals surface area (Å²) in [5, 5.41) is 8.96. The normalized spacial score (nSPS) is 13.0. The predicted molar refractivity (Wildman–Crippen MR) is 90.3 cm³/mol. The van der Waals surface area contributed by atoms with Gasteiger partial charge in [-0.05, 0) is 36.1 Å². The van der Waals surface area contributed by atoms with Gasteiger partial charge in [0.05, 0.1) is 6.33 Å². The largest absolute Gasteiger partial charge is 0.479 e. The topological polar surface area (TPSA) is 90.4 Å². The third kappa shape index (κ3) is 5.31. The van der Waals surface area contributed by atoms with E-state index in [0.717, 1.165) is 15.6 Å². The van der Waals surface area contributed by atoms with Gasteiger partial charge in [-0.15, -0.1) is 0 Å². The summed E-state index contributed by atoms with van der Waals surface area (Å²) in [5.74, 6) is 3.96. The monoisotopic (exact) mass is 379 g/mol. The Kier molecular flexibility index (Phi) is 6.52. The number of carboxylic acid groups (broad SMARTS) is 1. The van der Waals surface area contributed by atoms with Gasteiger partial charge in [0.15, 0.2) is 6.10 Å². The molecule has 122 valence electrons. The zero-order valence-corrected chi connectivity index (χ0v) is 14.0. The second-order valence-electron chi connectivity index (χ2n) is 5.02. The van der Waals surface area contributed by atoms with Crippen LogP contribution in [0.25, 0.3) is 5.57 Å². The lowest BCUT2D eigenvalue weighted by Crippen LogP contribution is -2.26. The summed E-state index contributed by atoms with van der Waals surface area (Å²) in [6.07, 6.45) is 7.22. The number of carboxylic acids is 1. The van der Waals surface area contributed by atoms with Crippen molar-refractivity contribution in [1.29, 1.82) is 0 Å². The minimum absolute atomic E-state index is 0.313. The number of rotatable bonds is 8. The molecule has 0 aliphatic heterocycles. The quantitative estimate of drug-likeness (QED) is 0.688. The molecule has 0 saturated heterocycles. The summed E-state index contributed by atoms with van der Waals surface area (Å²) < 4.78 is 2.95. The number of imidazole rings is 1. The lowest BCUT2D eigenvalue weighted by Gasteiger charge is -2.11. The Morgan fingerprint density at radius 3 is 2.96 bits per heavy atom. The molecule has 0 fully saturated rings. The average Bonchev–Trinajstić information content (AvgIpc) is 3.03. The summed E-state index contributed by atoms with van der Waals surface area (Å²) in [5.41, 5.74) is 2.14. The van der Waals surface area contributed by atoms with Crippen LogP contribution in [0.1, 0.15) is 18.4 Å². The smallest absolute Gasteiger partial charge is 0.334 e. The number of aromatic nitrogens is 2. The van der Waals surface area contributed by atoms with Gasteiger partial charge in [0, 0.05) is 23.4 Å². The van der Waals surface area contributed by atoms with Gasteiger partial charge in [-0.3, -0.25) is 4.84 Å². The fraction of sp³-hybridized carbons (Fsp3) is 0.250. The number of aliphatic carboxylic acids is 1. The molecule has 2 aromatic rings. The maximum Gasteiger partial charge on any atom is 0.334 e. The molecule has 0 amide bonds. The standard InChI is InChI=1S/C16H18BrN3O3/c17-14-5-1-3-12(9-14)13(10-20-8-7-19-11-20)4-2-6-15(23-18)16(21)22/h1,3-5,7-9,11,15H,2,6,10,18H2,(H,21,22)/b13-4-. The van der Waals surface area contributed by atoms with E-state index in [1.165, 1.54) is 0 Å². The number of nitrogens with zero attached hydrogens (tertiary/aromatic N) is 2. The number of nitrogens with two attached hydrogens (primary N) is 1. The van der Waals surface area contributed by atoms with E-state index in [4.69, 9.17) is 11.0 Å². The Morgan fingerprint density at radius 2 is 2.35 bits per heavy atom. The van der Waals surface area contributed by atoms with Crippen molar-refractivity contribution in [2.75, 3.05) is 0 Å². The van der Waals surface area contributed by atoms with Crippen molar-refractivity contribution >= 4 is 27.5 Å². The first-order valence-corrected chi connectivity index (χ1v) is 7.88. The summed E-state index contributed by atoms with van der Waals surface area (Å²) in [6.45, 7) is 0.650. The molecule has 1 aromatic heterocycles. The fourth-order valence-electron chi connectivity index (χ4n) is 2.20. The number of benzene rings is 1. The van der Waals surface area contributed by atoms with Crippen LogP contribution in [0.4, 0.5) is 0 Å². The highest BCUT2D eigenvalue weighted by molar-refractivity contribution is 9.10. The molecule has 1 aromatic carbocycles. The molecule has 0 spiro atoms. The van der Waals surface area contributed by atoms with Crippen molar-refractivity contribution in [2.45, 2.75) is 25.5 Å². The Morgan fingerprint density at radius 1 is 1.52 bits per heavy atom. The molecule has 0 saturated carbocycles. The van der Waals surface area contributed by atoms with E-state index < -0.39 is 12.1 Å². The van der Waals surface area contributed by atoms with Gasteiger partial charge >= 0.3 is 5.97 Å². The van der Waals surface area contributed by atoms with Gasteiger partial charge in [-0.25, -0.2) is 15.7 Å². The molecule has 2 rings (SSSR count). The van der Waals surface area contributed by atoms with Gasteiger partial charge in [0.2, 0.25) is 0 Å². The van der Waals surface area contributed by atoms with Gasteiger partial charge in [0.25, 0.3) is 0 Å². The zero-order chi connectivity index (χ0) is 16.7. The predicted octanol–water partition coefficient (Wildman–Crippen LogP) is 2.85. The zero-order valence-electron chi connectivity index (χ0n) is 12.4. The molecule has 1 unspecified atom stereocenters. The Hall–Kier alpha value is -1.96. The molecular formula is C16H18BrN3O3. The van der Waals surface area contributed by atoms with E-state index in [1.807, 2.05) is 41.1 Å². The van der Waals surface area contributed by atoms with Crippen molar-refractivity contribution in [1.82, 2.24) is 9.55 Å². The molecule has 1 atom stereocenters. The second-order valence-corrected chi connectivity index (χ2v) is 5.93. The second kappa shape index (κ2) is 8.61. The molecule has 0 radical (unpaired) electrons. The van der Waals surface area contributed by atoms with Crippen LogP contribution in [-0.2, 0) is 16.2 Å². The minimum atomic E-state index is -1.06. The average molecular weight is 380 g/mol. The third-order valence-electron chi connectivity index (χ3n) is 3.37. The maximum atomic E-state index is 10.9. The minimum Gasteiger partial charge on any atom is -0.479 e. The van der Waals surface area contributed by atoms with Gasteiger partial charge in [0.1, 0.15) is 0 Å². The molecule has 1 heterocycles. The van der Waals surface area contributed by atoms with E-state index >= 15 is 0 Å². The molecule has 0 aliphatic carbocycles. The van der Waals surface area contributed by atoms with Crippen molar-refractivity contribution in [3.63, 3.8) is 0 Å². The van der Waals surface area contributed by atoms with E-state index in [-0.39, 0.29) is 0 Å². The van der Waals surface area contributed by atoms with Crippen LogP contribution in [0.5, 0.6) is 0 Å². The summed E-state index contributed by atoms with van der Waals surface area (Å²) in [4.78, 5) is 19.4. The van der Waals surface area contributed by atoms with Gasteiger partial charge in [-0.2, -0.15) is 0 Å². The first kappa shape index (κ1) is 17.4. The first-order valence-electron chi connectivity index (χ1n) is 7.09. The third-order valence-corrected chi connectivity index (χ3v) is 3.86. The van der Waals surface area contributed by atoms with Crippen LogP contribution >= 0.6 is 15.9 Å². The van der Waals surface area contributed by atoms with Crippen molar-refractivity contribution in [3.8, 4) is 0 Å². The SMILES string of the molecule is NOC(CC/C=C(/Cn1ccnc1)c1cccc(Br)c1)C(=O)O. The van der Waals surface area contributed by atoms with Crippen LogP contribution in [0.15, 0.2) is 53.5 Å². The van der Waals surface area contributed by atoms with E-state index in [2.05, 4.69) is 25.8 Å². The number of allylic oxidation sites excluding steroid dienone is 2. The molecule has 0 bridgehead atoms. The van der Waals surface area contributed by atoms with Crippen molar-refractivity contribution in [3.05, 3.63) is 59.1 Å². The van der Waals surface area contributed by atoms with E-state index in [0.29, 0.717) is 19.4 Å². The van der Waals surface area contributed by atoms with E-state index in [9.17, 15) is 4.79 Å². The van der Waals surface area contributed by atoms with Gasteiger partial charge < -0.3 is 9.67 Å². The number of carbonyl (C=O) groups is 1. The maximum absolute atomic E-state index is 10.9. The molecule has 23 heavy (non-hydrogen) atoms. The van der Waals surface area contributed by atoms with Gasteiger partial charge in [-0.1, -0.05) is 34.1 Å². The molecular weight excluding hydrogens is 362 g/mol. The van der Waals surface area contributed by atoms with Crippen LogP contribution < -0.4 is 5.90 Å². The van der Waals surface area contributed by atoms with Crippen LogP contribution in [-0.4, -0.2) is 26.7 Å². The molecule has 6 nitrogen and oxygen atoms in total. The molecule has 7 heteroatoms. The van der Waals surface area contributed by atoms with Crippen LogP contribution in [0.2, 0.25) is 0 Å². The fourth-order valence-corrected chi connectivity index (χ4v) is 2.60. The Balaban J connectivity index is 2.15. The molecule has 0 aliphatic rings. The molecule has 3 N–H and O–H groups in total. The lowest BCUT2D eigenvalue weighted by molar-refractivity contribution is -0.151. The summed E-state index contributed by atoms with van der Waals surface area (Å²) >= 11 is 3.47. The number of hydrogen-bond acceptors (Lipinski definition) is 4. The van der Waals surface area contributed by atoms with Crippen molar-refractivity contribution < 1.29 is 14.7 Å². The number of halogens is 1. The summed E-state index contributed by atoms with van der Waals surface area (Å²) in [6, 6.07) is 7.96. The lowest BCUT2D eigenvalue weighted by atomic mass is 10.0. The Labute approximate surface area is 142 Å². The Bertz CT molecular complexity index is 671.